The highest BCUT2D eigenvalue weighted by atomic mass is 32.2. The summed E-state index contributed by atoms with van der Waals surface area (Å²) in [5.74, 6) is -0.220. The molecule has 1 atom stereocenters. The van der Waals surface area contributed by atoms with Crippen LogP contribution < -0.4 is 5.32 Å². The van der Waals surface area contributed by atoms with E-state index >= 15 is 0 Å². The number of benzene rings is 1. The number of thiophene rings is 1. The summed E-state index contributed by atoms with van der Waals surface area (Å²) in [5.41, 5.74) is 0.466. The number of rotatable bonds is 9. The molecule has 27 heavy (non-hydrogen) atoms. The van der Waals surface area contributed by atoms with Crippen LogP contribution >= 0.6 is 11.3 Å². The maximum absolute atomic E-state index is 12.6. The molecule has 1 aromatic heterocycles. The van der Waals surface area contributed by atoms with Gasteiger partial charge in [0.2, 0.25) is 15.9 Å². The van der Waals surface area contributed by atoms with Gasteiger partial charge in [0.05, 0.1) is 10.9 Å². The molecule has 0 radical (unpaired) electrons. The van der Waals surface area contributed by atoms with E-state index in [9.17, 15) is 18.0 Å². The van der Waals surface area contributed by atoms with Gasteiger partial charge < -0.3 is 5.32 Å². The average molecular weight is 409 g/mol. The van der Waals surface area contributed by atoms with Gasteiger partial charge >= 0.3 is 0 Å². The van der Waals surface area contributed by atoms with Crippen LogP contribution in [-0.4, -0.2) is 38.0 Å². The fourth-order valence-electron chi connectivity index (χ4n) is 2.55. The molecule has 0 bridgehead atoms. The first kappa shape index (κ1) is 21.3. The fraction of sp³-hybridized carbons (Fsp3) is 0.368. The molecule has 8 heteroatoms. The van der Waals surface area contributed by atoms with E-state index in [2.05, 4.69) is 5.32 Å². The van der Waals surface area contributed by atoms with Crippen molar-refractivity contribution in [1.82, 2.24) is 9.62 Å². The van der Waals surface area contributed by atoms with Crippen LogP contribution in [0.5, 0.6) is 0 Å². The molecule has 1 amide bonds. The summed E-state index contributed by atoms with van der Waals surface area (Å²) in [7, 11) is -2.16. The predicted octanol–water partition coefficient (Wildman–Crippen LogP) is 3.23. The van der Waals surface area contributed by atoms with Gasteiger partial charge in [0.15, 0.2) is 5.78 Å². The van der Waals surface area contributed by atoms with Gasteiger partial charge in [-0.2, -0.15) is 0 Å². The van der Waals surface area contributed by atoms with Crippen LogP contribution in [0.15, 0.2) is 46.7 Å². The SMILES string of the molecule is CC(=O)c1ccc(S(=O)(=O)N(C)CCCC(=O)NC(C)c2cccs2)cc1. The molecule has 1 aromatic carbocycles. The Hall–Kier alpha value is -2.03. The summed E-state index contributed by atoms with van der Waals surface area (Å²) in [5, 5.41) is 4.87. The van der Waals surface area contributed by atoms with Crippen molar-refractivity contribution in [2.75, 3.05) is 13.6 Å². The van der Waals surface area contributed by atoms with Gasteiger partial charge in [-0.05, 0) is 43.8 Å². The van der Waals surface area contributed by atoms with Gasteiger partial charge in [0.1, 0.15) is 0 Å². The van der Waals surface area contributed by atoms with Gasteiger partial charge in [-0.15, -0.1) is 11.3 Å². The van der Waals surface area contributed by atoms with E-state index in [0.29, 0.717) is 12.0 Å². The van der Waals surface area contributed by atoms with Crippen LogP contribution in [0, 0.1) is 0 Å². The number of hydrogen-bond acceptors (Lipinski definition) is 5. The lowest BCUT2D eigenvalue weighted by Crippen LogP contribution is -2.30. The van der Waals surface area contributed by atoms with Crippen molar-refractivity contribution in [3.05, 3.63) is 52.2 Å². The Balaban J connectivity index is 1.85. The van der Waals surface area contributed by atoms with Crippen molar-refractivity contribution in [3.63, 3.8) is 0 Å². The minimum Gasteiger partial charge on any atom is -0.349 e. The largest absolute Gasteiger partial charge is 0.349 e. The van der Waals surface area contributed by atoms with Crippen molar-refractivity contribution in [3.8, 4) is 0 Å². The van der Waals surface area contributed by atoms with Crippen molar-refractivity contribution in [1.29, 1.82) is 0 Å². The minimum absolute atomic E-state index is 0.0567. The van der Waals surface area contributed by atoms with Crippen LogP contribution in [0.2, 0.25) is 0 Å². The van der Waals surface area contributed by atoms with Gasteiger partial charge in [0.25, 0.3) is 0 Å². The Kier molecular flexibility index (Phi) is 7.29. The number of carbonyl (C=O) groups is 2. The fourth-order valence-corrected chi connectivity index (χ4v) is 4.49. The first-order valence-electron chi connectivity index (χ1n) is 8.62. The first-order chi connectivity index (χ1) is 12.7. The van der Waals surface area contributed by atoms with Crippen molar-refractivity contribution >= 4 is 33.1 Å². The molecule has 146 valence electrons. The summed E-state index contributed by atoms with van der Waals surface area (Å²) in [6, 6.07) is 9.71. The van der Waals surface area contributed by atoms with Crippen molar-refractivity contribution in [2.45, 2.75) is 37.6 Å². The summed E-state index contributed by atoms with van der Waals surface area (Å²) in [6.07, 6.45) is 0.670. The Morgan fingerprint density at radius 2 is 1.85 bits per heavy atom. The molecule has 0 aliphatic heterocycles. The zero-order valence-corrected chi connectivity index (χ0v) is 17.3. The van der Waals surface area contributed by atoms with Crippen LogP contribution in [0.3, 0.4) is 0 Å². The molecule has 2 rings (SSSR count). The normalized spacial score (nSPS) is 12.7. The number of carbonyl (C=O) groups excluding carboxylic acids is 2. The van der Waals surface area contributed by atoms with Gasteiger partial charge in [-0.1, -0.05) is 18.2 Å². The highest BCUT2D eigenvalue weighted by molar-refractivity contribution is 7.89. The summed E-state index contributed by atoms with van der Waals surface area (Å²) < 4.78 is 26.4. The summed E-state index contributed by atoms with van der Waals surface area (Å²) in [6.45, 7) is 3.59. The van der Waals surface area contributed by atoms with E-state index in [1.807, 2.05) is 24.4 Å². The number of Topliss-reactive ketones (excluding diaryl/α,β-unsaturated/α-hetero) is 1. The molecule has 0 saturated carbocycles. The maximum Gasteiger partial charge on any atom is 0.242 e. The lowest BCUT2D eigenvalue weighted by molar-refractivity contribution is -0.121. The van der Waals surface area contributed by atoms with Crippen molar-refractivity contribution in [2.24, 2.45) is 0 Å². The van der Waals surface area contributed by atoms with Gasteiger partial charge in [-0.25, -0.2) is 12.7 Å². The molecule has 0 spiro atoms. The summed E-state index contributed by atoms with van der Waals surface area (Å²) >= 11 is 1.58. The quantitative estimate of drug-likeness (QED) is 0.646. The third kappa shape index (κ3) is 5.72. The van der Waals surface area contributed by atoms with E-state index in [4.69, 9.17) is 0 Å². The molecule has 0 fully saturated rings. The number of amides is 1. The number of nitrogens with one attached hydrogen (secondary N) is 1. The van der Waals surface area contributed by atoms with E-state index < -0.39 is 10.0 Å². The number of hydrogen-bond donors (Lipinski definition) is 1. The lowest BCUT2D eigenvalue weighted by Gasteiger charge is -2.18. The zero-order chi connectivity index (χ0) is 20.0. The first-order valence-corrected chi connectivity index (χ1v) is 10.9. The second-order valence-corrected chi connectivity index (χ2v) is 9.34. The average Bonchev–Trinajstić information content (AvgIpc) is 3.16. The van der Waals surface area contributed by atoms with Crippen molar-refractivity contribution < 1.29 is 18.0 Å². The monoisotopic (exact) mass is 408 g/mol. The minimum atomic E-state index is -3.65. The van der Waals surface area contributed by atoms with E-state index in [-0.39, 0.29) is 35.6 Å². The number of nitrogens with zero attached hydrogens (tertiary/aromatic N) is 1. The molecular formula is C19H24N2O4S2. The molecule has 0 saturated heterocycles. The molecule has 1 N–H and O–H groups in total. The molecule has 2 aromatic rings. The zero-order valence-electron chi connectivity index (χ0n) is 15.6. The third-order valence-corrected chi connectivity index (χ3v) is 7.12. The van der Waals surface area contributed by atoms with Gasteiger partial charge in [-0.3, -0.25) is 9.59 Å². The van der Waals surface area contributed by atoms with E-state index in [1.54, 1.807) is 11.3 Å². The van der Waals surface area contributed by atoms with Crippen LogP contribution in [0.4, 0.5) is 0 Å². The number of ketones is 1. The second-order valence-electron chi connectivity index (χ2n) is 6.32. The predicted molar refractivity (Wildman–Crippen MR) is 106 cm³/mol. The maximum atomic E-state index is 12.6. The standard InChI is InChI=1S/C19H24N2O4S2/c1-14(18-6-5-13-26-18)20-19(23)7-4-12-21(3)27(24,25)17-10-8-16(9-11-17)15(2)22/h5-6,8-11,13-14H,4,7,12H2,1-3H3,(H,20,23). The number of sulfonamides is 1. The Bertz CT molecular complexity index is 875. The molecule has 6 nitrogen and oxygen atoms in total. The molecule has 0 aliphatic rings. The summed E-state index contributed by atoms with van der Waals surface area (Å²) in [4.78, 5) is 24.6. The molecule has 1 heterocycles. The van der Waals surface area contributed by atoms with Crippen LogP contribution in [0.25, 0.3) is 0 Å². The Labute approximate surface area is 164 Å². The highest BCUT2D eigenvalue weighted by Gasteiger charge is 2.21. The second kappa shape index (κ2) is 9.25. The highest BCUT2D eigenvalue weighted by Crippen LogP contribution is 2.19. The van der Waals surface area contributed by atoms with E-state index in [1.165, 1.54) is 42.5 Å². The van der Waals surface area contributed by atoms with E-state index in [0.717, 1.165) is 4.88 Å². The molecular weight excluding hydrogens is 384 g/mol. The molecule has 0 aliphatic carbocycles. The Morgan fingerprint density at radius 1 is 1.19 bits per heavy atom. The van der Waals surface area contributed by atoms with Gasteiger partial charge in [0, 0.05) is 30.5 Å². The van der Waals surface area contributed by atoms with Crippen LogP contribution in [0.1, 0.15) is 48.0 Å². The smallest absolute Gasteiger partial charge is 0.242 e. The topological polar surface area (TPSA) is 83.6 Å². The Morgan fingerprint density at radius 3 is 2.41 bits per heavy atom. The molecule has 1 unspecified atom stereocenters. The third-order valence-electron chi connectivity index (χ3n) is 4.19. The lowest BCUT2D eigenvalue weighted by atomic mass is 10.2. The van der Waals surface area contributed by atoms with Crippen LogP contribution in [-0.2, 0) is 14.8 Å².